The first-order valence-corrected chi connectivity index (χ1v) is 32.6. The largest absolute Gasteiger partial charge is 0.466 e. The summed E-state index contributed by atoms with van der Waals surface area (Å²) in [4.78, 5) is 24.5. The fourth-order valence-corrected chi connectivity index (χ4v) is 10.2. The minimum Gasteiger partial charge on any atom is -0.466 e. The van der Waals surface area contributed by atoms with Crippen molar-refractivity contribution in [3.05, 3.63) is 24.3 Å². The van der Waals surface area contributed by atoms with Crippen molar-refractivity contribution < 1.29 is 24.5 Å². The van der Waals surface area contributed by atoms with Crippen molar-refractivity contribution in [3.8, 4) is 0 Å². The van der Waals surface area contributed by atoms with Crippen LogP contribution in [0.3, 0.4) is 0 Å². The van der Waals surface area contributed by atoms with Gasteiger partial charge in [0.05, 0.1) is 25.4 Å². The molecule has 0 aliphatic heterocycles. The molecule has 6 heteroatoms. The van der Waals surface area contributed by atoms with E-state index in [0.29, 0.717) is 19.4 Å². The van der Waals surface area contributed by atoms with Gasteiger partial charge in [-0.1, -0.05) is 314 Å². The molecule has 0 saturated carbocycles. The monoisotopic (exact) mass is 1010 g/mol. The number of allylic oxidation sites excluding steroid dienone is 3. The molecule has 1 amide bonds. The number of ether oxygens (including phenoxy) is 1. The van der Waals surface area contributed by atoms with Gasteiger partial charge in [0.25, 0.3) is 0 Å². The molecular weight excluding hydrogens is 887 g/mol. The maximum absolute atomic E-state index is 12.5. The zero-order chi connectivity index (χ0) is 52.2. The third-order valence-corrected chi connectivity index (χ3v) is 15.2. The Morgan fingerprint density at radius 2 is 0.653 bits per heavy atom. The average Bonchev–Trinajstić information content (AvgIpc) is 3.38. The summed E-state index contributed by atoms with van der Waals surface area (Å²) in [6.07, 6.45) is 76.5. The second-order valence-corrected chi connectivity index (χ2v) is 22.5. The van der Waals surface area contributed by atoms with Crippen LogP contribution in [0, 0.1) is 0 Å². The van der Waals surface area contributed by atoms with Crippen LogP contribution in [-0.2, 0) is 14.3 Å². The summed E-state index contributed by atoms with van der Waals surface area (Å²) in [7, 11) is 0. The lowest BCUT2D eigenvalue weighted by molar-refractivity contribution is -0.143. The predicted octanol–water partition coefficient (Wildman–Crippen LogP) is 20.6. The number of amides is 1. The first-order valence-electron chi connectivity index (χ1n) is 32.6. The molecule has 0 saturated heterocycles. The number of hydrogen-bond donors (Lipinski definition) is 3. The van der Waals surface area contributed by atoms with E-state index in [1.807, 2.05) is 6.08 Å². The number of unbranched alkanes of at least 4 members (excludes halogenated alkanes) is 48. The van der Waals surface area contributed by atoms with Crippen LogP contribution < -0.4 is 5.32 Å². The lowest BCUT2D eigenvalue weighted by Crippen LogP contribution is -2.45. The van der Waals surface area contributed by atoms with E-state index in [2.05, 4.69) is 31.3 Å². The molecule has 6 nitrogen and oxygen atoms in total. The zero-order valence-corrected chi connectivity index (χ0v) is 48.7. The SMILES string of the molecule is CCCCCCCCCCCCCCCCCCCCC/C=C/C(O)C(CO)NC(=O)CCCCCCCCC/C=C\CCCCCCCCCCCCOC(=O)CCCCCCCCCCCCCCC. The minimum atomic E-state index is -0.850. The van der Waals surface area contributed by atoms with Crippen molar-refractivity contribution in [1.29, 1.82) is 0 Å². The second kappa shape index (κ2) is 61.9. The van der Waals surface area contributed by atoms with E-state index in [1.165, 1.54) is 289 Å². The van der Waals surface area contributed by atoms with Crippen molar-refractivity contribution in [2.24, 2.45) is 0 Å². The van der Waals surface area contributed by atoms with Crippen LogP contribution in [-0.4, -0.2) is 47.4 Å². The summed E-state index contributed by atoms with van der Waals surface area (Å²) in [6.45, 7) is 4.93. The molecule has 0 aliphatic rings. The quantitative estimate of drug-likeness (QED) is 0.0320. The van der Waals surface area contributed by atoms with Crippen LogP contribution in [0.15, 0.2) is 24.3 Å². The zero-order valence-electron chi connectivity index (χ0n) is 48.7. The number of aliphatic hydroxyl groups is 2. The lowest BCUT2D eigenvalue weighted by Gasteiger charge is -2.20. The van der Waals surface area contributed by atoms with Crippen molar-refractivity contribution in [2.45, 2.75) is 373 Å². The van der Waals surface area contributed by atoms with Crippen LogP contribution in [0.25, 0.3) is 0 Å². The van der Waals surface area contributed by atoms with Crippen molar-refractivity contribution in [1.82, 2.24) is 5.32 Å². The number of rotatable bonds is 61. The van der Waals surface area contributed by atoms with Gasteiger partial charge >= 0.3 is 5.97 Å². The summed E-state index contributed by atoms with van der Waals surface area (Å²) >= 11 is 0. The van der Waals surface area contributed by atoms with Gasteiger partial charge in [0.1, 0.15) is 0 Å². The van der Waals surface area contributed by atoms with Crippen molar-refractivity contribution in [2.75, 3.05) is 13.2 Å². The Morgan fingerprint density at radius 1 is 0.375 bits per heavy atom. The molecule has 72 heavy (non-hydrogen) atoms. The summed E-state index contributed by atoms with van der Waals surface area (Å²) in [6, 6.07) is -0.634. The molecule has 0 aliphatic carbocycles. The Morgan fingerprint density at radius 3 is 0.986 bits per heavy atom. The summed E-state index contributed by atoms with van der Waals surface area (Å²) in [5.41, 5.74) is 0. The maximum atomic E-state index is 12.5. The highest BCUT2D eigenvalue weighted by Gasteiger charge is 2.18. The number of esters is 1. The number of nitrogens with one attached hydrogen (secondary N) is 1. The third-order valence-electron chi connectivity index (χ3n) is 15.2. The Kier molecular flexibility index (Phi) is 60.5. The van der Waals surface area contributed by atoms with Crippen LogP contribution in [0.1, 0.15) is 361 Å². The Hall–Kier alpha value is -1.66. The molecule has 426 valence electrons. The van der Waals surface area contributed by atoms with E-state index in [1.54, 1.807) is 6.08 Å². The highest BCUT2D eigenvalue weighted by molar-refractivity contribution is 5.76. The molecular formula is C66H127NO5. The van der Waals surface area contributed by atoms with Gasteiger partial charge in [-0.15, -0.1) is 0 Å². The lowest BCUT2D eigenvalue weighted by atomic mass is 10.0. The first kappa shape index (κ1) is 70.3. The predicted molar refractivity (Wildman–Crippen MR) is 315 cm³/mol. The van der Waals surface area contributed by atoms with Crippen molar-refractivity contribution in [3.63, 3.8) is 0 Å². The average molecular weight is 1010 g/mol. The molecule has 0 fully saturated rings. The highest BCUT2D eigenvalue weighted by Crippen LogP contribution is 2.18. The fraction of sp³-hybridized carbons (Fsp3) is 0.909. The molecule has 0 radical (unpaired) electrons. The summed E-state index contributed by atoms with van der Waals surface area (Å²) in [5, 5.41) is 23.2. The van der Waals surface area contributed by atoms with E-state index in [4.69, 9.17) is 4.74 Å². The highest BCUT2D eigenvalue weighted by atomic mass is 16.5. The molecule has 2 unspecified atom stereocenters. The number of carbonyl (C=O) groups is 2. The standard InChI is InChI=1S/C66H127NO5/c1-3-5-7-9-11-13-15-17-18-19-20-22-25-28-31-35-38-42-46-50-54-58-64(69)63(62-68)67-65(70)59-55-51-47-43-39-36-32-29-26-23-21-24-27-30-33-37-41-45-49-53-57-61-72-66(71)60-56-52-48-44-40-34-16-14-12-10-8-6-4-2/h23,26,54,58,63-64,68-69H,3-22,24-25,27-53,55-57,59-62H2,1-2H3,(H,67,70)/b26-23-,58-54+. The van der Waals surface area contributed by atoms with E-state index >= 15 is 0 Å². The molecule has 0 aromatic rings. The third kappa shape index (κ3) is 57.6. The van der Waals surface area contributed by atoms with Gasteiger partial charge < -0.3 is 20.3 Å². The van der Waals surface area contributed by atoms with E-state index < -0.39 is 12.1 Å². The smallest absolute Gasteiger partial charge is 0.305 e. The summed E-state index contributed by atoms with van der Waals surface area (Å²) < 4.78 is 5.48. The summed E-state index contributed by atoms with van der Waals surface area (Å²) in [5.74, 6) is -0.0626. The van der Waals surface area contributed by atoms with Crippen LogP contribution in [0.2, 0.25) is 0 Å². The van der Waals surface area contributed by atoms with Crippen LogP contribution in [0.5, 0.6) is 0 Å². The molecule has 0 rings (SSSR count). The Labute approximate surface area is 450 Å². The number of carbonyl (C=O) groups excluding carboxylic acids is 2. The fourth-order valence-electron chi connectivity index (χ4n) is 10.2. The number of hydrogen-bond acceptors (Lipinski definition) is 5. The van der Waals surface area contributed by atoms with Gasteiger partial charge in [-0.25, -0.2) is 0 Å². The molecule has 0 spiro atoms. The molecule has 0 aromatic heterocycles. The molecule has 0 aromatic carbocycles. The van der Waals surface area contributed by atoms with Crippen molar-refractivity contribution >= 4 is 11.9 Å². The molecule has 0 bridgehead atoms. The molecule has 0 heterocycles. The molecule has 3 N–H and O–H groups in total. The van der Waals surface area contributed by atoms with Gasteiger partial charge in [-0.05, 0) is 57.8 Å². The van der Waals surface area contributed by atoms with Gasteiger partial charge in [-0.2, -0.15) is 0 Å². The second-order valence-electron chi connectivity index (χ2n) is 22.5. The maximum Gasteiger partial charge on any atom is 0.305 e. The van der Waals surface area contributed by atoms with Gasteiger partial charge in [0.15, 0.2) is 0 Å². The van der Waals surface area contributed by atoms with Crippen LogP contribution in [0.4, 0.5) is 0 Å². The van der Waals surface area contributed by atoms with E-state index in [9.17, 15) is 19.8 Å². The van der Waals surface area contributed by atoms with E-state index in [0.717, 1.165) is 44.9 Å². The van der Waals surface area contributed by atoms with Gasteiger partial charge in [0.2, 0.25) is 5.91 Å². The molecule has 2 atom stereocenters. The normalized spacial score (nSPS) is 12.7. The Balaban J connectivity index is 3.45. The van der Waals surface area contributed by atoms with Gasteiger partial charge in [0, 0.05) is 12.8 Å². The van der Waals surface area contributed by atoms with Gasteiger partial charge in [-0.3, -0.25) is 9.59 Å². The van der Waals surface area contributed by atoms with E-state index in [-0.39, 0.29) is 18.5 Å². The minimum absolute atomic E-state index is 0.00969. The van der Waals surface area contributed by atoms with Crippen LogP contribution >= 0.6 is 0 Å². The Bertz CT molecular complexity index is 1120. The topological polar surface area (TPSA) is 95.9 Å². The number of aliphatic hydroxyl groups excluding tert-OH is 2. The first-order chi connectivity index (χ1) is 35.5.